The summed E-state index contributed by atoms with van der Waals surface area (Å²) in [7, 11) is -2.86. The topological polar surface area (TPSA) is 76.4 Å². The first-order valence-electron chi connectivity index (χ1n) is 7.95. The molecule has 1 saturated heterocycles. The number of benzene rings is 1. The molecule has 1 atom stereocenters. The van der Waals surface area contributed by atoms with Crippen molar-refractivity contribution in [3.05, 3.63) is 48.7 Å². The van der Waals surface area contributed by atoms with Crippen LogP contribution in [-0.4, -0.2) is 41.1 Å². The third-order valence-electron chi connectivity index (χ3n) is 4.33. The second-order valence-corrected chi connectivity index (χ2v) is 8.37. The van der Waals surface area contributed by atoms with Gasteiger partial charge in [-0.2, -0.15) is 9.61 Å². The van der Waals surface area contributed by atoms with Gasteiger partial charge in [0.15, 0.2) is 15.5 Å². The largest absolute Gasteiger partial charge is 0.370 e. The Balaban J connectivity index is 1.63. The molecule has 24 heavy (non-hydrogen) atoms. The van der Waals surface area contributed by atoms with Crippen LogP contribution in [0.25, 0.3) is 16.9 Å². The number of aromatic nitrogens is 3. The fourth-order valence-corrected chi connectivity index (χ4v) is 4.94. The molecule has 124 valence electrons. The number of nitrogens with zero attached hydrogens (tertiary/aromatic N) is 3. The van der Waals surface area contributed by atoms with Gasteiger partial charge < -0.3 is 5.32 Å². The van der Waals surface area contributed by atoms with Gasteiger partial charge in [0.05, 0.1) is 23.4 Å². The van der Waals surface area contributed by atoms with Gasteiger partial charge in [-0.1, -0.05) is 30.3 Å². The molecular formula is C17H18N4O2S. The number of anilines is 1. The van der Waals surface area contributed by atoms with Crippen LogP contribution in [-0.2, 0) is 9.84 Å². The van der Waals surface area contributed by atoms with Crippen LogP contribution in [0.5, 0.6) is 0 Å². The van der Waals surface area contributed by atoms with Crippen molar-refractivity contribution in [1.29, 1.82) is 0 Å². The summed E-state index contributed by atoms with van der Waals surface area (Å²) in [6.07, 6.45) is 2.43. The smallest absolute Gasteiger partial charge is 0.157 e. The molecule has 0 saturated carbocycles. The molecule has 3 heterocycles. The average Bonchev–Trinajstić information content (AvgIpc) is 3.19. The minimum Gasteiger partial charge on any atom is -0.370 e. The summed E-state index contributed by atoms with van der Waals surface area (Å²) >= 11 is 0. The van der Waals surface area contributed by atoms with E-state index in [0.29, 0.717) is 18.7 Å². The second kappa shape index (κ2) is 5.90. The molecule has 6 nitrogen and oxygen atoms in total. The molecule has 1 aromatic carbocycles. The van der Waals surface area contributed by atoms with Crippen molar-refractivity contribution >= 4 is 21.3 Å². The van der Waals surface area contributed by atoms with Gasteiger partial charge in [-0.25, -0.2) is 13.4 Å². The molecule has 0 aliphatic carbocycles. The lowest BCUT2D eigenvalue weighted by molar-refractivity contribution is 0.595. The van der Waals surface area contributed by atoms with E-state index in [1.165, 1.54) is 0 Å². The Bertz CT molecular complexity index is 967. The lowest BCUT2D eigenvalue weighted by Gasteiger charge is -2.13. The fourth-order valence-electron chi connectivity index (χ4n) is 3.08. The molecule has 0 bridgehead atoms. The summed E-state index contributed by atoms with van der Waals surface area (Å²) in [5.41, 5.74) is 2.66. The monoisotopic (exact) mass is 342 g/mol. The summed E-state index contributed by atoms with van der Waals surface area (Å²) < 4.78 is 25.0. The van der Waals surface area contributed by atoms with Crippen LogP contribution in [0.1, 0.15) is 6.42 Å². The van der Waals surface area contributed by atoms with Crippen LogP contribution in [0.15, 0.2) is 48.7 Å². The molecule has 1 aliphatic heterocycles. The van der Waals surface area contributed by atoms with Gasteiger partial charge in [-0.3, -0.25) is 0 Å². The lowest BCUT2D eigenvalue weighted by atomic mass is 10.1. The number of fused-ring (bicyclic) bond motifs is 1. The minimum atomic E-state index is -2.86. The number of hydrogen-bond donors (Lipinski definition) is 1. The highest BCUT2D eigenvalue weighted by atomic mass is 32.2. The normalized spacial score (nSPS) is 19.6. The summed E-state index contributed by atoms with van der Waals surface area (Å²) in [5, 5.41) is 7.66. The van der Waals surface area contributed by atoms with E-state index in [4.69, 9.17) is 0 Å². The van der Waals surface area contributed by atoms with E-state index in [9.17, 15) is 8.42 Å². The molecule has 2 aromatic heterocycles. The quantitative estimate of drug-likeness (QED) is 0.787. The Labute approximate surface area is 140 Å². The van der Waals surface area contributed by atoms with Crippen LogP contribution >= 0.6 is 0 Å². The molecule has 7 heteroatoms. The fraction of sp³-hybridized carbons (Fsp3) is 0.294. The second-order valence-electron chi connectivity index (χ2n) is 6.14. The van der Waals surface area contributed by atoms with Gasteiger partial charge in [-0.15, -0.1) is 0 Å². The first kappa shape index (κ1) is 15.1. The van der Waals surface area contributed by atoms with Crippen LogP contribution in [0.3, 0.4) is 0 Å². The SMILES string of the molecule is O=S1(=O)CC[C@@H](CNc2cc(-c3ccccc3)nc3ccnn23)C1. The maximum Gasteiger partial charge on any atom is 0.157 e. The minimum absolute atomic E-state index is 0.147. The van der Waals surface area contributed by atoms with Crippen LogP contribution in [0.2, 0.25) is 0 Å². The Kier molecular flexibility index (Phi) is 3.72. The molecule has 0 radical (unpaired) electrons. The van der Waals surface area contributed by atoms with E-state index in [-0.39, 0.29) is 11.7 Å². The van der Waals surface area contributed by atoms with Gasteiger partial charge in [0.25, 0.3) is 0 Å². The van der Waals surface area contributed by atoms with Crippen LogP contribution in [0, 0.1) is 5.92 Å². The summed E-state index contributed by atoms with van der Waals surface area (Å²) in [6, 6.07) is 13.8. The Morgan fingerprint density at radius 2 is 2.04 bits per heavy atom. The van der Waals surface area contributed by atoms with Crippen molar-refractivity contribution in [1.82, 2.24) is 14.6 Å². The standard InChI is InChI=1S/C17H18N4O2S/c22-24(23)9-7-13(12-24)11-18-17-10-15(14-4-2-1-3-5-14)20-16-6-8-19-21(16)17/h1-6,8,10,13,18H,7,9,11-12H2/t13-/m0/s1. The summed E-state index contributed by atoms with van der Waals surface area (Å²) in [6.45, 7) is 0.617. The van der Waals surface area contributed by atoms with E-state index >= 15 is 0 Å². The molecule has 1 aliphatic rings. The maximum atomic E-state index is 11.6. The predicted molar refractivity (Wildman–Crippen MR) is 93.7 cm³/mol. The van der Waals surface area contributed by atoms with E-state index < -0.39 is 9.84 Å². The average molecular weight is 342 g/mol. The van der Waals surface area contributed by atoms with Gasteiger partial charge in [0, 0.05) is 24.2 Å². The van der Waals surface area contributed by atoms with Crippen molar-refractivity contribution in [2.45, 2.75) is 6.42 Å². The third-order valence-corrected chi connectivity index (χ3v) is 6.16. The molecule has 3 aromatic rings. The summed E-state index contributed by atoms with van der Waals surface area (Å²) in [4.78, 5) is 4.63. The highest BCUT2D eigenvalue weighted by molar-refractivity contribution is 7.91. The maximum absolute atomic E-state index is 11.6. The number of nitrogens with one attached hydrogen (secondary N) is 1. The van der Waals surface area contributed by atoms with Gasteiger partial charge in [0.2, 0.25) is 0 Å². The molecule has 4 rings (SSSR count). The zero-order chi connectivity index (χ0) is 16.6. The summed E-state index contributed by atoms with van der Waals surface area (Å²) in [5.74, 6) is 1.53. The highest BCUT2D eigenvalue weighted by Gasteiger charge is 2.27. The predicted octanol–water partition coefficient (Wildman–Crippen LogP) is 2.24. The Morgan fingerprint density at radius 3 is 2.79 bits per heavy atom. The van der Waals surface area contributed by atoms with E-state index in [0.717, 1.165) is 22.7 Å². The van der Waals surface area contributed by atoms with Gasteiger partial charge >= 0.3 is 0 Å². The molecule has 1 N–H and O–H groups in total. The zero-order valence-electron chi connectivity index (χ0n) is 13.1. The van der Waals surface area contributed by atoms with Crippen LogP contribution < -0.4 is 5.32 Å². The van der Waals surface area contributed by atoms with E-state index in [1.54, 1.807) is 10.7 Å². The van der Waals surface area contributed by atoms with E-state index in [2.05, 4.69) is 15.4 Å². The highest BCUT2D eigenvalue weighted by Crippen LogP contribution is 2.23. The van der Waals surface area contributed by atoms with Gasteiger partial charge in [-0.05, 0) is 12.3 Å². The molecule has 1 fully saturated rings. The van der Waals surface area contributed by atoms with Crippen LogP contribution in [0.4, 0.5) is 5.82 Å². The van der Waals surface area contributed by atoms with Crippen molar-refractivity contribution < 1.29 is 8.42 Å². The number of rotatable bonds is 4. The first-order valence-corrected chi connectivity index (χ1v) is 9.77. The molecule has 0 amide bonds. The lowest BCUT2D eigenvalue weighted by Crippen LogP contribution is -2.17. The molecule has 0 unspecified atom stereocenters. The van der Waals surface area contributed by atoms with Crippen molar-refractivity contribution in [2.75, 3.05) is 23.4 Å². The van der Waals surface area contributed by atoms with Crippen molar-refractivity contribution in [2.24, 2.45) is 5.92 Å². The molecular weight excluding hydrogens is 324 g/mol. The molecule has 0 spiro atoms. The Hall–Kier alpha value is -2.41. The van der Waals surface area contributed by atoms with Crippen molar-refractivity contribution in [3.63, 3.8) is 0 Å². The number of sulfone groups is 1. The third kappa shape index (κ3) is 2.99. The first-order chi connectivity index (χ1) is 11.6. The van der Waals surface area contributed by atoms with Gasteiger partial charge in [0.1, 0.15) is 5.82 Å². The van der Waals surface area contributed by atoms with Crippen molar-refractivity contribution in [3.8, 4) is 11.3 Å². The Morgan fingerprint density at radius 1 is 1.21 bits per heavy atom. The zero-order valence-corrected chi connectivity index (χ0v) is 13.9. The number of hydrogen-bond acceptors (Lipinski definition) is 5. The van der Waals surface area contributed by atoms with E-state index in [1.807, 2.05) is 42.5 Å².